The van der Waals surface area contributed by atoms with Crippen molar-refractivity contribution in [3.63, 3.8) is 0 Å². The maximum absolute atomic E-state index is 5.46. The van der Waals surface area contributed by atoms with E-state index < -0.39 is 0 Å². The van der Waals surface area contributed by atoms with Gasteiger partial charge in [0, 0.05) is 12.6 Å². The standard InChI is InChI=1S/C10H16N4O/c11-5-9-12-10(15-13-9)7-4-8-2-1-3-14(8)6-7/h7-8H,1-6,11H2/t7-,8-/m1/s1. The molecule has 82 valence electrons. The molecule has 0 aliphatic carbocycles. The summed E-state index contributed by atoms with van der Waals surface area (Å²) in [6, 6.07) is 0.753. The van der Waals surface area contributed by atoms with Crippen LogP contribution in [0.3, 0.4) is 0 Å². The zero-order chi connectivity index (χ0) is 10.3. The largest absolute Gasteiger partial charge is 0.339 e. The lowest BCUT2D eigenvalue weighted by Gasteiger charge is -2.12. The fourth-order valence-electron chi connectivity index (χ4n) is 2.78. The molecule has 2 atom stereocenters. The highest BCUT2D eigenvalue weighted by atomic mass is 16.5. The fourth-order valence-corrected chi connectivity index (χ4v) is 2.78. The summed E-state index contributed by atoms with van der Waals surface area (Å²) in [5.41, 5.74) is 5.46. The minimum atomic E-state index is 0.364. The molecule has 2 saturated heterocycles. The van der Waals surface area contributed by atoms with Crippen LogP contribution >= 0.6 is 0 Å². The summed E-state index contributed by atoms with van der Waals surface area (Å²) in [5, 5.41) is 3.84. The summed E-state index contributed by atoms with van der Waals surface area (Å²) < 4.78 is 5.24. The van der Waals surface area contributed by atoms with Gasteiger partial charge in [-0.2, -0.15) is 4.98 Å². The van der Waals surface area contributed by atoms with Crippen LogP contribution < -0.4 is 5.73 Å². The lowest BCUT2D eigenvalue weighted by molar-refractivity contribution is 0.312. The second kappa shape index (κ2) is 3.57. The highest BCUT2D eigenvalue weighted by Gasteiger charge is 2.38. The van der Waals surface area contributed by atoms with Gasteiger partial charge in [0.25, 0.3) is 0 Å². The first-order valence-corrected chi connectivity index (χ1v) is 5.63. The summed E-state index contributed by atoms with van der Waals surface area (Å²) in [7, 11) is 0. The third-order valence-electron chi connectivity index (χ3n) is 3.53. The number of nitrogens with zero attached hydrogens (tertiary/aromatic N) is 3. The van der Waals surface area contributed by atoms with Crippen LogP contribution in [-0.4, -0.2) is 34.2 Å². The molecular formula is C10H16N4O. The lowest BCUT2D eigenvalue weighted by Crippen LogP contribution is -2.22. The molecule has 5 heteroatoms. The fraction of sp³-hybridized carbons (Fsp3) is 0.800. The van der Waals surface area contributed by atoms with Crippen molar-refractivity contribution in [2.45, 2.75) is 37.8 Å². The van der Waals surface area contributed by atoms with Crippen molar-refractivity contribution in [3.8, 4) is 0 Å². The van der Waals surface area contributed by atoms with Gasteiger partial charge >= 0.3 is 0 Å². The van der Waals surface area contributed by atoms with Gasteiger partial charge in [-0.25, -0.2) is 0 Å². The summed E-state index contributed by atoms with van der Waals surface area (Å²) >= 11 is 0. The van der Waals surface area contributed by atoms with Crippen molar-refractivity contribution in [2.24, 2.45) is 5.73 Å². The van der Waals surface area contributed by atoms with E-state index in [1.54, 1.807) is 0 Å². The molecule has 5 nitrogen and oxygen atoms in total. The lowest BCUT2D eigenvalue weighted by atomic mass is 10.0. The molecule has 3 heterocycles. The molecule has 2 aliphatic heterocycles. The maximum atomic E-state index is 5.46. The van der Waals surface area contributed by atoms with Crippen LogP contribution in [0.25, 0.3) is 0 Å². The first kappa shape index (κ1) is 9.30. The third-order valence-corrected chi connectivity index (χ3v) is 3.53. The SMILES string of the molecule is NCc1noc([C@@H]2C[C@H]3CCCN3C2)n1. The van der Waals surface area contributed by atoms with Crippen molar-refractivity contribution >= 4 is 0 Å². The van der Waals surface area contributed by atoms with E-state index >= 15 is 0 Å². The van der Waals surface area contributed by atoms with Crippen LogP contribution in [0.5, 0.6) is 0 Å². The van der Waals surface area contributed by atoms with Gasteiger partial charge in [-0.1, -0.05) is 5.16 Å². The van der Waals surface area contributed by atoms with E-state index in [1.165, 1.54) is 25.8 Å². The van der Waals surface area contributed by atoms with Crippen molar-refractivity contribution in [2.75, 3.05) is 13.1 Å². The zero-order valence-corrected chi connectivity index (χ0v) is 8.72. The molecule has 3 rings (SSSR count). The number of aromatic nitrogens is 2. The van der Waals surface area contributed by atoms with Crippen LogP contribution in [0.4, 0.5) is 0 Å². The molecule has 0 amide bonds. The van der Waals surface area contributed by atoms with E-state index in [0.717, 1.165) is 18.5 Å². The molecule has 0 radical (unpaired) electrons. The van der Waals surface area contributed by atoms with E-state index in [1.807, 2.05) is 0 Å². The molecule has 0 spiro atoms. The van der Waals surface area contributed by atoms with Gasteiger partial charge in [-0.3, -0.25) is 4.90 Å². The summed E-state index contributed by atoms with van der Waals surface area (Å²) in [5.74, 6) is 1.84. The average Bonchev–Trinajstić information content (AvgIpc) is 2.91. The Labute approximate surface area is 88.6 Å². The highest BCUT2D eigenvalue weighted by Crippen LogP contribution is 2.36. The topological polar surface area (TPSA) is 68.2 Å². The number of hydrogen-bond donors (Lipinski definition) is 1. The van der Waals surface area contributed by atoms with Crippen LogP contribution in [0.1, 0.15) is 36.9 Å². The van der Waals surface area contributed by atoms with Gasteiger partial charge in [0.1, 0.15) is 0 Å². The Hall–Kier alpha value is -0.940. The number of hydrogen-bond acceptors (Lipinski definition) is 5. The maximum Gasteiger partial charge on any atom is 0.231 e. The Morgan fingerprint density at radius 1 is 1.53 bits per heavy atom. The van der Waals surface area contributed by atoms with Gasteiger partial charge in [-0.05, 0) is 25.8 Å². The number of rotatable bonds is 2. The first-order valence-electron chi connectivity index (χ1n) is 5.63. The van der Waals surface area contributed by atoms with Crippen molar-refractivity contribution in [1.29, 1.82) is 0 Å². The number of fused-ring (bicyclic) bond motifs is 1. The van der Waals surface area contributed by atoms with E-state index in [4.69, 9.17) is 10.3 Å². The van der Waals surface area contributed by atoms with Crippen LogP contribution in [0.2, 0.25) is 0 Å². The molecule has 2 fully saturated rings. The van der Waals surface area contributed by atoms with Crippen LogP contribution in [0.15, 0.2) is 4.52 Å². The van der Waals surface area contributed by atoms with Crippen molar-refractivity contribution < 1.29 is 4.52 Å². The smallest absolute Gasteiger partial charge is 0.231 e. The van der Waals surface area contributed by atoms with Crippen LogP contribution in [-0.2, 0) is 6.54 Å². The van der Waals surface area contributed by atoms with Gasteiger partial charge in [0.15, 0.2) is 5.82 Å². The minimum absolute atomic E-state index is 0.364. The summed E-state index contributed by atoms with van der Waals surface area (Å²) in [4.78, 5) is 6.85. The summed E-state index contributed by atoms with van der Waals surface area (Å²) in [6.45, 7) is 2.68. The molecule has 2 N–H and O–H groups in total. The average molecular weight is 208 g/mol. The minimum Gasteiger partial charge on any atom is -0.339 e. The van der Waals surface area contributed by atoms with E-state index in [2.05, 4.69) is 15.0 Å². The normalized spacial score (nSPS) is 31.0. The molecule has 15 heavy (non-hydrogen) atoms. The molecule has 0 unspecified atom stereocenters. The van der Waals surface area contributed by atoms with Gasteiger partial charge in [-0.15, -0.1) is 0 Å². The molecule has 0 saturated carbocycles. The molecule has 0 aromatic carbocycles. The Kier molecular flexibility index (Phi) is 2.21. The van der Waals surface area contributed by atoms with Crippen LogP contribution in [0, 0.1) is 0 Å². The zero-order valence-electron chi connectivity index (χ0n) is 8.72. The summed E-state index contributed by atoms with van der Waals surface area (Å²) in [6.07, 6.45) is 3.84. The monoisotopic (exact) mass is 208 g/mol. The molecule has 2 aliphatic rings. The predicted octanol–water partition coefficient (Wildman–Crippen LogP) is 0.480. The Morgan fingerprint density at radius 2 is 2.47 bits per heavy atom. The Morgan fingerprint density at radius 3 is 3.20 bits per heavy atom. The van der Waals surface area contributed by atoms with E-state index in [9.17, 15) is 0 Å². The molecule has 1 aromatic rings. The van der Waals surface area contributed by atoms with Gasteiger partial charge in [0.2, 0.25) is 5.89 Å². The van der Waals surface area contributed by atoms with Gasteiger partial charge in [0.05, 0.1) is 12.5 Å². The Bertz CT molecular complexity index is 339. The second-order valence-electron chi connectivity index (χ2n) is 4.48. The van der Waals surface area contributed by atoms with E-state index in [0.29, 0.717) is 18.3 Å². The second-order valence-corrected chi connectivity index (χ2v) is 4.48. The first-order chi connectivity index (χ1) is 7.36. The predicted molar refractivity (Wildman–Crippen MR) is 54.1 cm³/mol. The van der Waals surface area contributed by atoms with Crippen molar-refractivity contribution in [3.05, 3.63) is 11.7 Å². The molecular weight excluding hydrogens is 192 g/mol. The molecule has 1 aromatic heterocycles. The van der Waals surface area contributed by atoms with Crippen molar-refractivity contribution in [1.82, 2.24) is 15.0 Å². The van der Waals surface area contributed by atoms with E-state index in [-0.39, 0.29) is 0 Å². The molecule has 0 bridgehead atoms. The van der Waals surface area contributed by atoms with Gasteiger partial charge < -0.3 is 10.3 Å². The Balaban J connectivity index is 1.73. The number of nitrogens with two attached hydrogens (primary N) is 1. The quantitative estimate of drug-likeness (QED) is 0.765. The third kappa shape index (κ3) is 1.55. The highest BCUT2D eigenvalue weighted by molar-refractivity contribution is 5.03.